The van der Waals surface area contributed by atoms with Crippen molar-refractivity contribution >= 4 is 11.9 Å². The van der Waals surface area contributed by atoms with Crippen molar-refractivity contribution in [3.8, 4) is 0 Å². The number of carbonyl (C=O) groups excluding carboxylic acids is 2. The Balaban J connectivity index is 4.29. The fraction of sp³-hybridized carbons (Fsp3) is 0.797. The Kier molecular flexibility index (Phi) is 52.9. The van der Waals surface area contributed by atoms with Gasteiger partial charge in [0.05, 0.1) is 6.61 Å². The summed E-state index contributed by atoms with van der Waals surface area (Å²) < 4.78 is 17.4. The van der Waals surface area contributed by atoms with Gasteiger partial charge in [-0.25, -0.2) is 0 Å². The summed E-state index contributed by atoms with van der Waals surface area (Å²) in [4.78, 5) is 25.4. The van der Waals surface area contributed by atoms with Gasteiger partial charge >= 0.3 is 11.9 Å². The van der Waals surface area contributed by atoms with Crippen LogP contribution in [0, 0.1) is 0 Å². The summed E-state index contributed by atoms with van der Waals surface area (Å²) in [6.45, 7) is 7.72. The topological polar surface area (TPSA) is 61.8 Å². The summed E-state index contributed by atoms with van der Waals surface area (Å²) in [5.41, 5.74) is 0. The largest absolute Gasteiger partial charge is 0.462 e. The molecule has 0 saturated heterocycles. The van der Waals surface area contributed by atoms with E-state index >= 15 is 0 Å². The highest BCUT2D eigenvalue weighted by Crippen LogP contribution is 2.16. The standard InChI is InChI=1S/C59H106O5/c1-4-7-10-13-16-19-22-25-27-29-30-31-32-35-37-40-43-46-49-52-58(60)63-56-57(64-59(61)53-50-47-44-41-38-34-24-21-18-15-12-9-6-3)55-62-54-51-48-45-42-39-36-33-28-26-23-20-17-14-11-8-5-2/h7,10,16,19,25,27,30-31,35,37,57H,4-6,8-9,11-15,17-18,20-24,26,28-29,32-34,36,38-56H2,1-3H3/b10-7-,19-16-,27-25-,31-30-,37-35-. The SMILES string of the molecule is CC/C=C\C/C=C\C/C=C\C/C=C\C/C=C\CCCCCC(=O)OCC(COCCCCCCCCCCCCCCCCCC)OC(=O)CCCCCCCCCCCCCCC. The van der Waals surface area contributed by atoms with E-state index in [1.54, 1.807) is 0 Å². The molecule has 0 heterocycles. The first-order valence-corrected chi connectivity index (χ1v) is 27.8. The third kappa shape index (κ3) is 52.2. The highest BCUT2D eigenvalue weighted by Gasteiger charge is 2.17. The molecule has 0 aliphatic carbocycles. The zero-order chi connectivity index (χ0) is 46.3. The lowest BCUT2D eigenvalue weighted by atomic mass is 10.0. The second-order valence-electron chi connectivity index (χ2n) is 18.5. The molecule has 0 aliphatic rings. The molecule has 0 fully saturated rings. The average molecular weight is 895 g/mol. The zero-order valence-corrected chi connectivity index (χ0v) is 42.8. The number of hydrogen-bond acceptors (Lipinski definition) is 5. The molecular weight excluding hydrogens is 789 g/mol. The van der Waals surface area contributed by atoms with E-state index in [1.807, 2.05) is 0 Å². The maximum Gasteiger partial charge on any atom is 0.306 e. The Labute approximate surface area is 398 Å². The fourth-order valence-electron chi connectivity index (χ4n) is 7.95. The Morgan fingerprint density at radius 1 is 0.359 bits per heavy atom. The van der Waals surface area contributed by atoms with Crippen LogP contribution in [0.25, 0.3) is 0 Å². The maximum atomic E-state index is 12.8. The first-order chi connectivity index (χ1) is 31.6. The quantitative estimate of drug-likeness (QED) is 0.0346. The van der Waals surface area contributed by atoms with Gasteiger partial charge in [-0.2, -0.15) is 0 Å². The molecule has 0 spiro atoms. The van der Waals surface area contributed by atoms with E-state index in [9.17, 15) is 9.59 Å². The van der Waals surface area contributed by atoms with Crippen molar-refractivity contribution < 1.29 is 23.8 Å². The van der Waals surface area contributed by atoms with Crippen LogP contribution >= 0.6 is 0 Å². The van der Waals surface area contributed by atoms with Crippen molar-refractivity contribution in [2.24, 2.45) is 0 Å². The third-order valence-electron chi connectivity index (χ3n) is 12.1. The minimum atomic E-state index is -0.546. The van der Waals surface area contributed by atoms with Gasteiger partial charge in [-0.15, -0.1) is 0 Å². The highest BCUT2D eigenvalue weighted by atomic mass is 16.6. The minimum Gasteiger partial charge on any atom is -0.462 e. The molecule has 372 valence electrons. The molecule has 5 heteroatoms. The lowest BCUT2D eigenvalue weighted by Gasteiger charge is -2.18. The molecule has 0 N–H and O–H groups in total. The zero-order valence-electron chi connectivity index (χ0n) is 42.8. The summed E-state index contributed by atoms with van der Waals surface area (Å²) in [6.07, 6.45) is 69.5. The number of allylic oxidation sites excluding steroid dienone is 10. The molecular formula is C59H106O5. The van der Waals surface area contributed by atoms with E-state index in [-0.39, 0.29) is 25.2 Å². The molecule has 0 bridgehead atoms. The van der Waals surface area contributed by atoms with Crippen LogP contribution in [0.3, 0.4) is 0 Å². The van der Waals surface area contributed by atoms with Crippen LogP contribution in [-0.4, -0.2) is 37.9 Å². The van der Waals surface area contributed by atoms with E-state index < -0.39 is 6.10 Å². The van der Waals surface area contributed by atoms with Gasteiger partial charge in [0, 0.05) is 19.4 Å². The van der Waals surface area contributed by atoms with Crippen LogP contribution in [0.2, 0.25) is 0 Å². The second kappa shape index (κ2) is 54.9. The van der Waals surface area contributed by atoms with Crippen molar-refractivity contribution in [1.82, 2.24) is 0 Å². The lowest BCUT2D eigenvalue weighted by molar-refractivity contribution is -0.163. The van der Waals surface area contributed by atoms with Crippen LogP contribution in [0.4, 0.5) is 0 Å². The van der Waals surface area contributed by atoms with Crippen molar-refractivity contribution in [3.63, 3.8) is 0 Å². The van der Waals surface area contributed by atoms with E-state index in [0.29, 0.717) is 19.4 Å². The summed E-state index contributed by atoms with van der Waals surface area (Å²) in [5, 5.41) is 0. The van der Waals surface area contributed by atoms with E-state index in [4.69, 9.17) is 14.2 Å². The van der Waals surface area contributed by atoms with Crippen molar-refractivity contribution in [1.29, 1.82) is 0 Å². The van der Waals surface area contributed by atoms with Crippen LogP contribution in [0.15, 0.2) is 60.8 Å². The summed E-state index contributed by atoms with van der Waals surface area (Å²) >= 11 is 0. The molecule has 0 rings (SSSR count). The van der Waals surface area contributed by atoms with E-state index in [0.717, 1.165) is 83.5 Å². The maximum absolute atomic E-state index is 12.8. The first kappa shape index (κ1) is 61.6. The number of ether oxygens (including phenoxy) is 3. The Bertz CT molecular complexity index is 1100. The fourth-order valence-corrected chi connectivity index (χ4v) is 7.95. The molecule has 1 unspecified atom stereocenters. The summed E-state index contributed by atoms with van der Waals surface area (Å²) in [7, 11) is 0. The summed E-state index contributed by atoms with van der Waals surface area (Å²) in [5.74, 6) is -0.421. The smallest absolute Gasteiger partial charge is 0.306 e. The molecule has 1 atom stereocenters. The van der Waals surface area contributed by atoms with E-state index in [2.05, 4.69) is 81.5 Å². The number of esters is 2. The number of unbranched alkanes of at least 4 members (excludes halogenated alkanes) is 30. The van der Waals surface area contributed by atoms with Gasteiger partial charge in [0.15, 0.2) is 6.10 Å². The Morgan fingerprint density at radius 3 is 1.12 bits per heavy atom. The second-order valence-corrected chi connectivity index (χ2v) is 18.5. The van der Waals surface area contributed by atoms with Crippen LogP contribution < -0.4 is 0 Å². The van der Waals surface area contributed by atoms with Gasteiger partial charge in [0.25, 0.3) is 0 Å². The van der Waals surface area contributed by atoms with Gasteiger partial charge in [-0.3, -0.25) is 9.59 Å². The molecule has 64 heavy (non-hydrogen) atoms. The van der Waals surface area contributed by atoms with Gasteiger partial charge in [0.1, 0.15) is 6.61 Å². The van der Waals surface area contributed by atoms with Gasteiger partial charge in [-0.05, 0) is 64.2 Å². The molecule has 0 saturated carbocycles. The molecule has 0 aromatic rings. The van der Waals surface area contributed by atoms with Crippen LogP contribution in [-0.2, 0) is 23.8 Å². The normalized spacial score (nSPS) is 12.6. The predicted octanol–water partition coefficient (Wildman–Crippen LogP) is 18.9. The van der Waals surface area contributed by atoms with Gasteiger partial charge < -0.3 is 14.2 Å². The minimum absolute atomic E-state index is 0.0716. The molecule has 0 aromatic heterocycles. The Morgan fingerprint density at radius 2 is 0.703 bits per heavy atom. The van der Waals surface area contributed by atoms with Crippen molar-refractivity contribution in [2.45, 2.75) is 284 Å². The van der Waals surface area contributed by atoms with Gasteiger partial charge in [0.2, 0.25) is 0 Å². The van der Waals surface area contributed by atoms with Crippen molar-refractivity contribution in [2.75, 3.05) is 19.8 Å². The predicted molar refractivity (Wildman–Crippen MR) is 279 cm³/mol. The van der Waals surface area contributed by atoms with E-state index in [1.165, 1.54) is 161 Å². The highest BCUT2D eigenvalue weighted by molar-refractivity contribution is 5.70. The van der Waals surface area contributed by atoms with Crippen LogP contribution in [0.5, 0.6) is 0 Å². The first-order valence-electron chi connectivity index (χ1n) is 27.8. The lowest BCUT2D eigenvalue weighted by Crippen LogP contribution is -2.30. The molecule has 0 aromatic carbocycles. The molecule has 0 aliphatic heterocycles. The molecule has 5 nitrogen and oxygen atoms in total. The number of carbonyl (C=O) groups is 2. The number of rotatable bonds is 51. The molecule has 0 amide bonds. The average Bonchev–Trinajstić information content (AvgIpc) is 3.30. The van der Waals surface area contributed by atoms with Crippen molar-refractivity contribution in [3.05, 3.63) is 60.8 Å². The monoisotopic (exact) mass is 895 g/mol. The summed E-state index contributed by atoms with van der Waals surface area (Å²) in [6, 6.07) is 0. The van der Waals surface area contributed by atoms with Gasteiger partial charge in [-0.1, -0.05) is 261 Å². The third-order valence-corrected chi connectivity index (χ3v) is 12.1. The van der Waals surface area contributed by atoms with Crippen LogP contribution in [0.1, 0.15) is 278 Å². The molecule has 0 radical (unpaired) electrons. The Hall–Kier alpha value is -2.40. The number of hydrogen-bond donors (Lipinski definition) is 0.